The van der Waals surface area contributed by atoms with E-state index in [1.54, 1.807) is 12.1 Å². The first kappa shape index (κ1) is 16.3. The van der Waals surface area contributed by atoms with Crippen LogP contribution in [-0.4, -0.2) is 6.54 Å². The third kappa shape index (κ3) is 3.76. The van der Waals surface area contributed by atoms with E-state index in [0.29, 0.717) is 17.0 Å². The normalized spacial score (nSPS) is 12.4. The van der Waals surface area contributed by atoms with Crippen molar-refractivity contribution in [3.05, 3.63) is 69.0 Å². The number of hydrogen-bond donors (Lipinski definition) is 1. The van der Waals surface area contributed by atoms with Crippen molar-refractivity contribution >= 4 is 23.2 Å². The molecule has 0 bridgehead atoms. The standard InChI is InChI=1S/C17H18Cl2FN/c1-3-21-17(12-6-4-7-14(18)11(12)2)10-13-15(19)8-5-9-16(13)20/h4-9,17,21H,3,10H2,1-2H3. The largest absolute Gasteiger partial charge is 0.310 e. The lowest BCUT2D eigenvalue weighted by Gasteiger charge is -2.22. The summed E-state index contributed by atoms with van der Waals surface area (Å²) in [6, 6.07) is 10.5. The fourth-order valence-corrected chi connectivity index (χ4v) is 2.89. The monoisotopic (exact) mass is 325 g/mol. The molecule has 0 heterocycles. The van der Waals surface area contributed by atoms with Gasteiger partial charge in [-0.25, -0.2) is 4.39 Å². The van der Waals surface area contributed by atoms with Gasteiger partial charge in [-0.15, -0.1) is 0 Å². The lowest BCUT2D eigenvalue weighted by molar-refractivity contribution is 0.526. The molecule has 0 aliphatic heterocycles. The Bertz CT molecular complexity index is 608. The molecule has 0 spiro atoms. The third-order valence-electron chi connectivity index (χ3n) is 3.61. The Kier molecular flexibility index (Phi) is 5.63. The van der Waals surface area contributed by atoms with Crippen LogP contribution >= 0.6 is 23.2 Å². The molecule has 4 heteroatoms. The summed E-state index contributed by atoms with van der Waals surface area (Å²) in [7, 11) is 0. The van der Waals surface area contributed by atoms with Crippen LogP contribution in [0.3, 0.4) is 0 Å². The number of nitrogens with one attached hydrogen (secondary N) is 1. The average Bonchev–Trinajstić information content (AvgIpc) is 2.45. The van der Waals surface area contributed by atoms with Crippen molar-refractivity contribution < 1.29 is 4.39 Å². The maximum atomic E-state index is 14.0. The van der Waals surface area contributed by atoms with E-state index in [-0.39, 0.29) is 11.9 Å². The van der Waals surface area contributed by atoms with Gasteiger partial charge < -0.3 is 5.32 Å². The van der Waals surface area contributed by atoms with Crippen LogP contribution in [0.5, 0.6) is 0 Å². The smallest absolute Gasteiger partial charge is 0.127 e. The molecule has 1 unspecified atom stereocenters. The predicted octanol–water partition coefficient (Wildman–Crippen LogP) is 5.33. The zero-order valence-electron chi connectivity index (χ0n) is 12.1. The predicted molar refractivity (Wildman–Crippen MR) is 87.7 cm³/mol. The van der Waals surface area contributed by atoms with Crippen molar-refractivity contribution in [2.24, 2.45) is 0 Å². The minimum absolute atomic E-state index is 0.0249. The van der Waals surface area contributed by atoms with Crippen LogP contribution in [-0.2, 0) is 6.42 Å². The van der Waals surface area contributed by atoms with Gasteiger partial charge in [0.25, 0.3) is 0 Å². The Morgan fingerprint density at radius 2 is 1.76 bits per heavy atom. The highest BCUT2D eigenvalue weighted by Crippen LogP contribution is 2.29. The van der Waals surface area contributed by atoms with Gasteiger partial charge in [-0.1, -0.05) is 48.3 Å². The summed E-state index contributed by atoms with van der Waals surface area (Å²) in [5, 5.41) is 4.56. The zero-order valence-corrected chi connectivity index (χ0v) is 13.6. The number of likely N-dealkylation sites (N-methyl/N-ethyl adjacent to an activating group) is 1. The van der Waals surface area contributed by atoms with Crippen LogP contribution in [0.15, 0.2) is 36.4 Å². The first-order valence-corrected chi connectivity index (χ1v) is 7.71. The molecular weight excluding hydrogens is 308 g/mol. The summed E-state index contributed by atoms with van der Waals surface area (Å²) in [6.45, 7) is 4.78. The average molecular weight is 326 g/mol. The molecular formula is C17H18Cl2FN. The lowest BCUT2D eigenvalue weighted by Crippen LogP contribution is -2.24. The molecule has 0 aliphatic carbocycles. The molecule has 0 aromatic heterocycles. The topological polar surface area (TPSA) is 12.0 Å². The van der Waals surface area contributed by atoms with E-state index in [1.165, 1.54) is 6.07 Å². The van der Waals surface area contributed by atoms with E-state index in [2.05, 4.69) is 5.32 Å². The van der Waals surface area contributed by atoms with Gasteiger partial charge in [0, 0.05) is 21.7 Å². The second-order valence-electron chi connectivity index (χ2n) is 4.97. The highest BCUT2D eigenvalue weighted by molar-refractivity contribution is 6.31. The van der Waals surface area contributed by atoms with Crippen molar-refractivity contribution in [1.82, 2.24) is 5.32 Å². The Balaban J connectivity index is 2.38. The Labute approximate surface area is 135 Å². The van der Waals surface area contributed by atoms with Crippen molar-refractivity contribution in [3.63, 3.8) is 0 Å². The van der Waals surface area contributed by atoms with Gasteiger partial charge in [0.05, 0.1) is 0 Å². The van der Waals surface area contributed by atoms with Crippen LogP contribution in [0.25, 0.3) is 0 Å². The van der Waals surface area contributed by atoms with Gasteiger partial charge in [-0.2, -0.15) is 0 Å². The minimum atomic E-state index is -0.273. The summed E-state index contributed by atoms with van der Waals surface area (Å²) >= 11 is 12.3. The van der Waals surface area contributed by atoms with E-state index in [1.807, 2.05) is 32.0 Å². The Morgan fingerprint density at radius 1 is 1.10 bits per heavy atom. The van der Waals surface area contributed by atoms with E-state index < -0.39 is 0 Å². The van der Waals surface area contributed by atoms with Crippen molar-refractivity contribution in [1.29, 1.82) is 0 Å². The first-order chi connectivity index (χ1) is 10.0. The molecule has 1 N–H and O–H groups in total. The molecule has 21 heavy (non-hydrogen) atoms. The SMILES string of the molecule is CCNC(Cc1c(F)cccc1Cl)c1cccc(Cl)c1C. The highest BCUT2D eigenvalue weighted by atomic mass is 35.5. The van der Waals surface area contributed by atoms with Gasteiger partial charge in [0.15, 0.2) is 0 Å². The number of halogens is 3. The quantitative estimate of drug-likeness (QED) is 0.782. The molecule has 2 aromatic carbocycles. The minimum Gasteiger partial charge on any atom is -0.310 e. The Hall–Kier alpha value is -1.09. The molecule has 0 aliphatic rings. The molecule has 0 fully saturated rings. The molecule has 112 valence electrons. The molecule has 0 radical (unpaired) electrons. The van der Waals surface area contributed by atoms with Crippen LogP contribution in [0.4, 0.5) is 4.39 Å². The fraction of sp³-hybridized carbons (Fsp3) is 0.294. The number of rotatable bonds is 5. The maximum absolute atomic E-state index is 14.0. The van der Waals surface area contributed by atoms with Crippen molar-refractivity contribution in [2.75, 3.05) is 6.54 Å². The zero-order chi connectivity index (χ0) is 15.4. The van der Waals surface area contributed by atoms with Crippen LogP contribution in [0.1, 0.15) is 29.7 Å². The summed E-state index contributed by atoms with van der Waals surface area (Å²) < 4.78 is 14.0. The van der Waals surface area contributed by atoms with Crippen molar-refractivity contribution in [2.45, 2.75) is 26.3 Å². The summed E-state index contributed by atoms with van der Waals surface area (Å²) in [4.78, 5) is 0. The Morgan fingerprint density at radius 3 is 2.43 bits per heavy atom. The van der Waals surface area contributed by atoms with Gasteiger partial charge in [-0.3, -0.25) is 0 Å². The molecule has 2 rings (SSSR count). The molecule has 1 nitrogen and oxygen atoms in total. The van der Waals surface area contributed by atoms with Gasteiger partial charge in [0.2, 0.25) is 0 Å². The van der Waals surface area contributed by atoms with Gasteiger partial charge in [0.1, 0.15) is 5.82 Å². The van der Waals surface area contributed by atoms with Crippen LogP contribution in [0.2, 0.25) is 10.0 Å². The lowest BCUT2D eigenvalue weighted by atomic mass is 9.95. The summed E-state index contributed by atoms with van der Waals surface area (Å²) in [5.74, 6) is -0.273. The third-order valence-corrected chi connectivity index (χ3v) is 4.37. The molecule has 1 atom stereocenters. The first-order valence-electron chi connectivity index (χ1n) is 6.95. The van der Waals surface area contributed by atoms with E-state index in [0.717, 1.165) is 22.7 Å². The van der Waals surface area contributed by atoms with Crippen LogP contribution < -0.4 is 5.32 Å². The van der Waals surface area contributed by atoms with Gasteiger partial charge >= 0.3 is 0 Å². The second kappa shape index (κ2) is 7.26. The van der Waals surface area contributed by atoms with Crippen LogP contribution in [0, 0.1) is 12.7 Å². The fourth-order valence-electron chi connectivity index (χ4n) is 2.47. The number of hydrogen-bond acceptors (Lipinski definition) is 1. The van der Waals surface area contributed by atoms with E-state index in [4.69, 9.17) is 23.2 Å². The molecule has 0 saturated carbocycles. The molecule has 2 aromatic rings. The molecule has 0 saturated heterocycles. The van der Waals surface area contributed by atoms with Gasteiger partial charge in [-0.05, 0) is 49.2 Å². The summed E-state index contributed by atoms with van der Waals surface area (Å²) in [5.41, 5.74) is 2.62. The summed E-state index contributed by atoms with van der Waals surface area (Å²) in [6.07, 6.45) is 0.487. The second-order valence-corrected chi connectivity index (χ2v) is 5.78. The van der Waals surface area contributed by atoms with E-state index in [9.17, 15) is 4.39 Å². The van der Waals surface area contributed by atoms with E-state index >= 15 is 0 Å². The highest BCUT2D eigenvalue weighted by Gasteiger charge is 2.18. The number of benzene rings is 2. The van der Waals surface area contributed by atoms with Crippen molar-refractivity contribution in [3.8, 4) is 0 Å². The molecule has 0 amide bonds. The maximum Gasteiger partial charge on any atom is 0.127 e.